The minimum Gasteiger partial charge on any atom is -0.331 e. The van der Waals surface area contributed by atoms with Gasteiger partial charge in [0.1, 0.15) is 0 Å². The molecule has 2 rings (SSSR count). The average molecular weight is 249 g/mol. The molecule has 102 valence electrons. The van der Waals surface area contributed by atoms with Crippen molar-refractivity contribution in [1.82, 2.24) is 9.55 Å². The van der Waals surface area contributed by atoms with E-state index in [1.54, 1.807) is 0 Å². The second-order valence-electron chi connectivity index (χ2n) is 5.96. The Bertz CT molecular complexity index is 348. The van der Waals surface area contributed by atoms with Crippen LogP contribution in [0.4, 0.5) is 0 Å². The maximum absolute atomic E-state index is 5.95. The molecule has 1 fully saturated rings. The van der Waals surface area contributed by atoms with E-state index in [1.807, 2.05) is 12.5 Å². The van der Waals surface area contributed by atoms with Crippen LogP contribution < -0.4 is 5.73 Å². The summed E-state index contributed by atoms with van der Waals surface area (Å²) in [5.41, 5.74) is 7.30. The Morgan fingerprint density at radius 1 is 1.28 bits per heavy atom. The summed E-state index contributed by atoms with van der Waals surface area (Å²) in [6.45, 7) is 5.22. The fraction of sp³-hybridized carbons (Fsp3) is 0.800. The second kappa shape index (κ2) is 6.37. The van der Waals surface area contributed by atoms with Gasteiger partial charge in [0.15, 0.2) is 0 Å². The molecule has 0 amide bonds. The maximum Gasteiger partial charge on any atom is 0.0950 e. The summed E-state index contributed by atoms with van der Waals surface area (Å²) in [7, 11) is 0. The third-order valence-corrected chi connectivity index (χ3v) is 4.35. The van der Waals surface area contributed by atoms with Crippen molar-refractivity contribution in [1.29, 1.82) is 0 Å². The Kier molecular flexibility index (Phi) is 4.81. The lowest BCUT2D eigenvalue weighted by atomic mass is 9.92. The van der Waals surface area contributed by atoms with Crippen LogP contribution >= 0.6 is 0 Å². The highest BCUT2D eigenvalue weighted by Crippen LogP contribution is 2.31. The van der Waals surface area contributed by atoms with Crippen LogP contribution in [0, 0.1) is 5.92 Å². The maximum atomic E-state index is 5.95. The molecule has 1 unspecified atom stereocenters. The van der Waals surface area contributed by atoms with E-state index in [1.165, 1.54) is 44.2 Å². The molecule has 1 aromatic rings. The lowest BCUT2D eigenvalue weighted by Gasteiger charge is -2.25. The molecule has 2 N–H and O–H groups in total. The Labute approximate surface area is 111 Å². The number of nitrogens with two attached hydrogens (primary N) is 1. The van der Waals surface area contributed by atoms with Crippen LogP contribution in [0.15, 0.2) is 12.5 Å². The molecule has 1 heterocycles. The van der Waals surface area contributed by atoms with Crippen molar-refractivity contribution < 1.29 is 0 Å². The van der Waals surface area contributed by atoms with Crippen molar-refractivity contribution in [2.45, 2.75) is 64.3 Å². The Morgan fingerprint density at radius 3 is 2.50 bits per heavy atom. The van der Waals surface area contributed by atoms with E-state index in [-0.39, 0.29) is 0 Å². The van der Waals surface area contributed by atoms with Gasteiger partial charge in [0, 0.05) is 30.4 Å². The average Bonchev–Trinajstić information content (AvgIpc) is 2.65. The molecule has 3 heteroatoms. The zero-order valence-corrected chi connectivity index (χ0v) is 11.8. The molecule has 0 aliphatic heterocycles. The summed E-state index contributed by atoms with van der Waals surface area (Å²) in [6.07, 6.45) is 12.2. The number of nitrogens with zero attached hydrogens (tertiary/aromatic N) is 2. The summed E-state index contributed by atoms with van der Waals surface area (Å²) in [5, 5.41) is 0. The fourth-order valence-electron chi connectivity index (χ4n) is 3.18. The van der Waals surface area contributed by atoms with E-state index < -0.39 is 0 Å². The lowest BCUT2D eigenvalue weighted by molar-refractivity contribution is 0.398. The van der Waals surface area contributed by atoms with Crippen molar-refractivity contribution >= 4 is 0 Å². The van der Waals surface area contributed by atoms with E-state index in [2.05, 4.69) is 23.4 Å². The molecular weight excluding hydrogens is 222 g/mol. The highest BCUT2D eigenvalue weighted by atomic mass is 15.1. The molecular formula is C15H27N3. The van der Waals surface area contributed by atoms with Crippen molar-refractivity contribution in [2.24, 2.45) is 11.7 Å². The molecule has 3 nitrogen and oxygen atoms in total. The van der Waals surface area contributed by atoms with Crippen LogP contribution in [-0.2, 0) is 0 Å². The van der Waals surface area contributed by atoms with E-state index in [0.717, 1.165) is 6.54 Å². The van der Waals surface area contributed by atoms with Crippen LogP contribution in [0.5, 0.6) is 0 Å². The van der Waals surface area contributed by atoms with E-state index >= 15 is 0 Å². The number of rotatable bonds is 4. The predicted octanol–water partition coefficient (Wildman–Crippen LogP) is 3.48. The van der Waals surface area contributed by atoms with Crippen LogP contribution in [-0.4, -0.2) is 16.1 Å². The summed E-state index contributed by atoms with van der Waals surface area (Å²) >= 11 is 0. The molecule has 1 aliphatic carbocycles. The van der Waals surface area contributed by atoms with Crippen molar-refractivity contribution in [3.8, 4) is 0 Å². The summed E-state index contributed by atoms with van der Waals surface area (Å²) in [6, 6.07) is 0.651. The molecule has 1 saturated carbocycles. The molecule has 1 atom stereocenters. The fourth-order valence-corrected chi connectivity index (χ4v) is 3.18. The lowest BCUT2D eigenvalue weighted by Crippen LogP contribution is -2.22. The van der Waals surface area contributed by atoms with E-state index in [9.17, 15) is 0 Å². The molecule has 0 aromatic carbocycles. The van der Waals surface area contributed by atoms with Gasteiger partial charge >= 0.3 is 0 Å². The topological polar surface area (TPSA) is 43.8 Å². The van der Waals surface area contributed by atoms with Crippen molar-refractivity contribution in [3.63, 3.8) is 0 Å². The monoisotopic (exact) mass is 249 g/mol. The van der Waals surface area contributed by atoms with Gasteiger partial charge in [-0.2, -0.15) is 0 Å². The number of aromatic nitrogens is 2. The summed E-state index contributed by atoms with van der Waals surface area (Å²) < 4.78 is 2.42. The molecule has 0 bridgehead atoms. The smallest absolute Gasteiger partial charge is 0.0950 e. The zero-order chi connectivity index (χ0) is 13.0. The van der Waals surface area contributed by atoms with Gasteiger partial charge in [0.05, 0.1) is 6.33 Å². The first-order chi connectivity index (χ1) is 8.74. The Hall–Kier alpha value is -0.830. The normalized spacial score (nSPS) is 20.0. The predicted molar refractivity (Wildman–Crippen MR) is 75.6 cm³/mol. The minimum atomic E-state index is 0.441. The first-order valence-corrected chi connectivity index (χ1v) is 7.45. The molecule has 0 saturated heterocycles. The molecule has 1 aromatic heterocycles. The Morgan fingerprint density at radius 2 is 1.94 bits per heavy atom. The minimum absolute atomic E-state index is 0.441. The number of hydrogen-bond donors (Lipinski definition) is 1. The van der Waals surface area contributed by atoms with E-state index in [0.29, 0.717) is 17.9 Å². The van der Waals surface area contributed by atoms with Gasteiger partial charge in [0.2, 0.25) is 0 Å². The summed E-state index contributed by atoms with van der Waals surface area (Å²) in [4.78, 5) is 4.39. The summed E-state index contributed by atoms with van der Waals surface area (Å²) in [5.74, 6) is 1.02. The van der Waals surface area contributed by atoms with E-state index in [4.69, 9.17) is 5.73 Å². The van der Waals surface area contributed by atoms with Crippen LogP contribution in [0.25, 0.3) is 0 Å². The van der Waals surface area contributed by atoms with Gasteiger partial charge in [0.25, 0.3) is 0 Å². The number of hydrogen-bond acceptors (Lipinski definition) is 2. The molecule has 18 heavy (non-hydrogen) atoms. The number of imidazole rings is 1. The standard InChI is InChI=1S/C15H27N3/c1-12(2)14(9-16)15-10-17-11-18(15)13-7-5-3-4-6-8-13/h10-14H,3-9,16H2,1-2H3. The van der Waals surface area contributed by atoms with Gasteiger partial charge in [-0.3, -0.25) is 0 Å². The van der Waals surface area contributed by atoms with Gasteiger partial charge < -0.3 is 10.3 Å². The highest BCUT2D eigenvalue weighted by Gasteiger charge is 2.22. The Balaban J connectivity index is 2.20. The zero-order valence-electron chi connectivity index (χ0n) is 11.8. The third-order valence-electron chi connectivity index (χ3n) is 4.35. The first kappa shape index (κ1) is 13.6. The molecule has 1 aliphatic rings. The first-order valence-electron chi connectivity index (χ1n) is 7.45. The van der Waals surface area contributed by atoms with Crippen molar-refractivity contribution in [3.05, 3.63) is 18.2 Å². The second-order valence-corrected chi connectivity index (χ2v) is 5.96. The molecule has 0 spiro atoms. The van der Waals surface area contributed by atoms with Crippen LogP contribution in [0.3, 0.4) is 0 Å². The van der Waals surface area contributed by atoms with Gasteiger partial charge in [-0.05, 0) is 18.8 Å². The van der Waals surface area contributed by atoms with Gasteiger partial charge in [-0.25, -0.2) is 4.98 Å². The third kappa shape index (κ3) is 2.94. The molecule has 0 radical (unpaired) electrons. The highest BCUT2D eigenvalue weighted by molar-refractivity contribution is 5.09. The SMILES string of the molecule is CC(C)C(CN)c1cncn1C1CCCCCC1. The quantitative estimate of drug-likeness (QED) is 0.830. The largest absolute Gasteiger partial charge is 0.331 e. The van der Waals surface area contributed by atoms with Crippen LogP contribution in [0.1, 0.15) is 70.0 Å². The van der Waals surface area contributed by atoms with Gasteiger partial charge in [-0.1, -0.05) is 39.5 Å². The van der Waals surface area contributed by atoms with Gasteiger partial charge in [-0.15, -0.1) is 0 Å². The van der Waals surface area contributed by atoms with Crippen LogP contribution in [0.2, 0.25) is 0 Å². The van der Waals surface area contributed by atoms with Crippen molar-refractivity contribution in [2.75, 3.05) is 6.54 Å².